The summed E-state index contributed by atoms with van der Waals surface area (Å²) in [5, 5.41) is 0. The minimum absolute atomic E-state index is 0. The van der Waals surface area contributed by atoms with Crippen LogP contribution in [-0.2, 0) is 25.8 Å². The summed E-state index contributed by atoms with van der Waals surface area (Å²) in [5.41, 5.74) is 15.2. The first-order valence-electron chi connectivity index (χ1n) is 19.7. The van der Waals surface area contributed by atoms with Gasteiger partial charge in [0.1, 0.15) is 5.82 Å². The maximum atomic E-state index is 6.68. The van der Waals surface area contributed by atoms with Gasteiger partial charge in [-0.1, -0.05) is 129 Å². The van der Waals surface area contributed by atoms with E-state index in [2.05, 4.69) is 201 Å². The molecule has 1 aromatic heterocycles. The van der Waals surface area contributed by atoms with Gasteiger partial charge in [0.25, 0.3) is 0 Å². The van der Waals surface area contributed by atoms with Crippen molar-refractivity contribution in [3.63, 3.8) is 0 Å². The van der Waals surface area contributed by atoms with Crippen LogP contribution in [0.15, 0.2) is 170 Å². The van der Waals surface area contributed by atoms with Gasteiger partial charge in [-0.3, -0.25) is 0 Å². The number of hydrogen-bond donors (Lipinski definition) is 0. The molecule has 5 nitrogen and oxygen atoms in total. The molecular formula is C53H41N4OPd-3. The minimum Gasteiger partial charge on any atom is -0.509 e. The molecule has 2 aliphatic rings. The van der Waals surface area contributed by atoms with E-state index >= 15 is 0 Å². The molecule has 8 aromatic rings. The molecule has 0 bridgehead atoms. The summed E-state index contributed by atoms with van der Waals surface area (Å²) in [6.45, 7) is 11.0. The SMILES string of the molecule is Cc1cc(N2c3[c-]c(Oc4[c-]c(N5[CH-]N(c6ccc(C(C)(C)C)cc6)c6ccccc65)ccc4)ccc3-c3ccccc3-c3ccccc32)ncc1-c1ccccc1.[Pd]. The molecule has 292 valence electrons. The van der Waals surface area contributed by atoms with Crippen molar-refractivity contribution in [2.75, 3.05) is 14.7 Å². The molecule has 0 unspecified atom stereocenters. The van der Waals surface area contributed by atoms with Gasteiger partial charge in [-0.25, -0.2) is 4.98 Å². The Morgan fingerprint density at radius 2 is 1.19 bits per heavy atom. The van der Waals surface area contributed by atoms with Crippen molar-refractivity contribution in [2.24, 2.45) is 0 Å². The van der Waals surface area contributed by atoms with Gasteiger partial charge in [0.2, 0.25) is 0 Å². The van der Waals surface area contributed by atoms with Crippen LogP contribution in [0, 0.1) is 25.7 Å². The Labute approximate surface area is 360 Å². The van der Waals surface area contributed by atoms with Crippen molar-refractivity contribution in [3.05, 3.63) is 200 Å². The first-order valence-corrected chi connectivity index (χ1v) is 19.7. The maximum Gasteiger partial charge on any atom is 0.135 e. The average Bonchev–Trinajstić information content (AvgIpc) is 3.59. The normalized spacial score (nSPS) is 12.8. The zero-order chi connectivity index (χ0) is 39.4. The second-order valence-electron chi connectivity index (χ2n) is 15.8. The smallest absolute Gasteiger partial charge is 0.135 e. The Morgan fingerprint density at radius 3 is 1.90 bits per heavy atom. The largest absolute Gasteiger partial charge is 0.509 e. The number of para-hydroxylation sites is 3. The van der Waals surface area contributed by atoms with Crippen molar-refractivity contribution in [1.29, 1.82) is 0 Å². The molecule has 7 aromatic carbocycles. The number of nitrogens with zero attached hydrogens (tertiary/aromatic N) is 4. The number of fused-ring (bicyclic) bond motifs is 6. The summed E-state index contributed by atoms with van der Waals surface area (Å²) in [6, 6.07) is 64.4. The van der Waals surface area contributed by atoms with Crippen LogP contribution >= 0.6 is 0 Å². The third-order valence-electron chi connectivity index (χ3n) is 11.1. The Balaban J connectivity index is 0.00000449. The summed E-state index contributed by atoms with van der Waals surface area (Å²) < 4.78 is 6.68. The second-order valence-corrected chi connectivity index (χ2v) is 15.8. The number of pyridine rings is 1. The molecule has 0 radical (unpaired) electrons. The van der Waals surface area contributed by atoms with Crippen molar-refractivity contribution in [1.82, 2.24) is 4.98 Å². The van der Waals surface area contributed by atoms with Crippen LogP contribution in [0.5, 0.6) is 11.5 Å². The van der Waals surface area contributed by atoms with E-state index in [4.69, 9.17) is 9.72 Å². The van der Waals surface area contributed by atoms with Crippen LogP contribution in [0.4, 0.5) is 39.9 Å². The number of hydrogen-bond acceptors (Lipinski definition) is 5. The van der Waals surface area contributed by atoms with Crippen molar-refractivity contribution < 1.29 is 25.2 Å². The molecule has 0 saturated carbocycles. The molecule has 0 spiro atoms. The third-order valence-corrected chi connectivity index (χ3v) is 11.1. The number of rotatable bonds is 6. The first-order chi connectivity index (χ1) is 28.3. The second kappa shape index (κ2) is 15.4. The summed E-state index contributed by atoms with van der Waals surface area (Å²) in [6.07, 6.45) is 1.98. The van der Waals surface area contributed by atoms with Crippen LogP contribution < -0.4 is 19.4 Å². The van der Waals surface area contributed by atoms with Gasteiger partial charge >= 0.3 is 0 Å². The molecule has 2 aliphatic heterocycles. The Hall–Kier alpha value is -6.45. The maximum absolute atomic E-state index is 6.68. The molecule has 0 saturated heterocycles. The number of anilines is 7. The zero-order valence-corrected chi connectivity index (χ0v) is 34.8. The van der Waals surface area contributed by atoms with Gasteiger partial charge < -0.3 is 19.4 Å². The fourth-order valence-corrected chi connectivity index (χ4v) is 8.09. The molecule has 6 heteroatoms. The van der Waals surface area contributed by atoms with Crippen LogP contribution in [0.1, 0.15) is 31.9 Å². The third kappa shape index (κ3) is 6.99. The fraction of sp³-hybridized carbons (Fsp3) is 0.0943. The quantitative estimate of drug-likeness (QED) is 0.123. The van der Waals surface area contributed by atoms with Crippen molar-refractivity contribution >= 4 is 39.9 Å². The molecule has 0 fully saturated rings. The van der Waals surface area contributed by atoms with Crippen molar-refractivity contribution in [3.8, 4) is 44.9 Å². The molecule has 0 aliphatic carbocycles. The number of ether oxygens (including phenoxy) is 1. The first kappa shape index (κ1) is 38.1. The number of benzene rings is 7. The zero-order valence-electron chi connectivity index (χ0n) is 33.3. The number of aromatic nitrogens is 1. The predicted octanol–water partition coefficient (Wildman–Crippen LogP) is 14.3. The van der Waals surface area contributed by atoms with Gasteiger partial charge in [0.05, 0.1) is 5.69 Å². The topological polar surface area (TPSA) is 31.8 Å². The van der Waals surface area contributed by atoms with Crippen LogP contribution in [0.25, 0.3) is 33.4 Å². The Morgan fingerprint density at radius 1 is 0.559 bits per heavy atom. The molecular weight excluding hydrogens is 815 g/mol. The van der Waals surface area contributed by atoms with Crippen LogP contribution in [0.3, 0.4) is 0 Å². The van der Waals surface area contributed by atoms with E-state index in [-0.39, 0.29) is 25.8 Å². The molecule has 3 heterocycles. The van der Waals surface area contributed by atoms with Crippen LogP contribution in [-0.4, -0.2) is 4.98 Å². The average molecular weight is 856 g/mol. The minimum atomic E-state index is 0. The van der Waals surface area contributed by atoms with E-state index in [1.165, 1.54) is 5.56 Å². The predicted molar refractivity (Wildman–Crippen MR) is 238 cm³/mol. The fourth-order valence-electron chi connectivity index (χ4n) is 8.09. The summed E-state index contributed by atoms with van der Waals surface area (Å²) >= 11 is 0. The molecule has 0 atom stereocenters. The molecule has 10 rings (SSSR count). The Bertz CT molecular complexity index is 2810. The molecule has 0 amide bonds. The van der Waals surface area contributed by atoms with Gasteiger partial charge in [0.15, 0.2) is 0 Å². The van der Waals surface area contributed by atoms with Crippen molar-refractivity contribution in [2.45, 2.75) is 33.1 Å². The van der Waals surface area contributed by atoms with Gasteiger partial charge in [-0.05, 0) is 71.0 Å². The van der Waals surface area contributed by atoms with Gasteiger partial charge in [-0.15, -0.1) is 48.3 Å². The standard InChI is InChI=1S/C53H41N4O.Pd/c1-36-31-52(54-34-47(36)37-15-6-5-7-16-37)57-48-22-11-10-21-45(48)43-19-8-9-20-44(43)46-30-29-42(33-51(46)57)58-41-18-14-17-40(32-41)56-35-55(49-23-12-13-24-50(49)56)39-27-25-38(26-28-39)53(2,3)4;/h5-31,34-35H,1-4H3;/q-3;. The van der Waals surface area contributed by atoms with E-state index in [1.807, 2.05) is 30.5 Å². The summed E-state index contributed by atoms with van der Waals surface area (Å²) in [7, 11) is 0. The van der Waals surface area contributed by atoms with Gasteiger partial charge in [0, 0.05) is 66.3 Å². The van der Waals surface area contributed by atoms with E-state index < -0.39 is 0 Å². The van der Waals surface area contributed by atoms with E-state index in [9.17, 15) is 0 Å². The molecule has 0 N–H and O–H groups in total. The number of aryl methyl sites for hydroxylation is 1. The summed E-state index contributed by atoms with van der Waals surface area (Å²) in [4.78, 5) is 11.7. The molecule has 59 heavy (non-hydrogen) atoms. The monoisotopic (exact) mass is 855 g/mol. The van der Waals surface area contributed by atoms with E-state index in [1.54, 1.807) is 0 Å². The van der Waals surface area contributed by atoms with Gasteiger partial charge in [-0.2, -0.15) is 12.1 Å². The van der Waals surface area contributed by atoms with E-state index in [0.29, 0.717) is 11.5 Å². The summed E-state index contributed by atoms with van der Waals surface area (Å²) in [5.74, 6) is 1.98. The van der Waals surface area contributed by atoms with Crippen LogP contribution in [0.2, 0.25) is 0 Å². The Kier molecular flexibility index (Phi) is 9.93. The van der Waals surface area contributed by atoms with E-state index in [0.717, 1.165) is 78.9 Å².